The molecule has 0 aliphatic heterocycles. The Morgan fingerprint density at radius 3 is 2.50 bits per heavy atom. The molecule has 0 aromatic carbocycles. The fourth-order valence-corrected chi connectivity index (χ4v) is 4.47. The summed E-state index contributed by atoms with van der Waals surface area (Å²) in [6.07, 6.45) is 3.19. The number of aromatic nitrogens is 1. The average molecular weight is 324 g/mol. The number of methoxy groups -OCH3 is 1. The van der Waals surface area contributed by atoms with Crippen molar-refractivity contribution < 1.29 is 9.53 Å². The molecule has 2 unspecified atom stereocenters. The van der Waals surface area contributed by atoms with Crippen LogP contribution in [0.1, 0.15) is 43.7 Å². The van der Waals surface area contributed by atoms with Gasteiger partial charge in [0, 0.05) is 30.1 Å². The number of amides is 1. The highest BCUT2D eigenvalue weighted by Gasteiger charge is 2.28. The summed E-state index contributed by atoms with van der Waals surface area (Å²) in [5.74, 6) is 1.41. The Morgan fingerprint density at radius 1 is 1.27 bits per heavy atom. The van der Waals surface area contributed by atoms with Gasteiger partial charge in [-0.25, -0.2) is 0 Å². The predicted octanol–water partition coefficient (Wildman–Crippen LogP) is 3.31. The van der Waals surface area contributed by atoms with Crippen LogP contribution in [0.2, 0.25) is 0 Å². The van der Waals surface area contributed by atoms with Crippen molar-refractivity contribution in [2.24, 2.45) is 22.7 Å². The Labute approximate surface area is 137 Å². The van der Waals surface area contributed by atoms with Gasteiger partial charge in [0.25, 0.3) is 5.91 Å². The van der Waals surface area contributed by atoms with Crippen LogP contribution >= 0.6 is 11.3 Å². The zero-order valence-corrected chi connectivity index (χ0v) is 15.2. The van der Waals surface area contributed by atoms with Gasteiger partial charge in [0.05, 0.1) is 6.61 Å². The largest absolute Gasteiger partial charge is 0.383 e. The van der Waals surface area contributed by atoms with Gasteiger partial charge in [-0.05, 0) is 44.9 Å². The van der Waals surface area contributed by atoms with Crippen molar-refractivity contribution in [1.29, 1.82) is 0 Å². The molecule has 22 heavy (non-hydrogen) atoms. The number of aryl methyl sites for hydroxylation is 1. The lowest BCUT2D eigenvalue weighted by molar-refractivity contribution is -0.123. The normalized spacial score (nSPS) is 26.4. The van der Waals surface area contributed by atoms with Crippen LogP contribution in [0.25, 0.3) is 0 Å². The van der Waals surface area contributed by atoms with Crippen LogP contribution in [0, 0.1) is 31.6 Å². The van der Waals surface area contributed by atoms with Crippen molar-refractivity contribution in [2.75, 3.05) is 13.7 Å². The first-order chi connectivity index (χ1) is 10.4. The van der Waals surface area contributed by atoms with Crippen LogP contribution in [-0.4, -0.2) is 24.2 Å². The highest BCUT2D eigenvalue weighted by molar-refractivity contribution is 7.09. The lowest BCUT2D eigenvalue weighted by Crippen LogP contribution is -2.27. The first-order valence-corrected chi connectivity index (χ1v) is 8.98. The van der Waals surface area contributed by atoms with Crippen molar-refractivity contribution in [3.8, 4) is 0 Å². The number of thiazole rings is 1. The van der Waals surface area contributed by atoms with Crippen molar-refractivity contribution in [1.82, 2.24) is 4.57 Å². The molecular formula is C17H28N2O2S. The van der Waals surface area contributed by atoms with Crippen molar-refractivity contribution in [3.05, 3.63) is 15.4 Å². The summed E-state index contributed by atoms with van der Waals surface area (Å²) in [5, 5.41) is 0. The second-order valence-electron chi connectivity index (χ2n) is 6.74. The van der Waals surface area contributed by atoms with Crippen molar-refractivity contribution >= 4 is 17.2 Å². The molecule has 1 saturated carbocycles. The highest BCUT2D eigenvalue weighted by atomic mass is 32.1. The van der Waals surface area contributed by atoms with E-state index < -0.39 is 0 Å². The maximum absolute atomic E-state index is 12.6. The Hall–Kier alpha value is -0.940. The molecule has 0 bridgehead atoms. The van der Waals surface area contributed by atoms with Gasteiger partial charge < -0.3 is 9.30 Å². The van der Waals surface area contributed by atoms with Gasteiger partial charge in [-0.15, -0.1) is 11.3 Å². The number of carbonyl (C=O) groups excluding carboxylic acids is 1. The van der Waals surface area contributed by atoms with Gasteiger partial charge in [-0.3, -0.25) is 4.79 Å². The minimum Gasteiger partial charge on any atom is -0.383 e. The van der Waals surface area contributed by atoms with Crippen LogP contribution in [0.3, 0.4) is 0 Å². The maximum Gasteiger partial charge on any atom is 0.251 e. The molecule has 1 amide bonds. The van der Waals surface area contributed by atoms with E-state index in [1.807, 2.05) is 0 Å². The van der Waals surface area contributed by atoms with Gasteiger partial charge in [0.15, 0.2) is 4.80 Å². The van der Waals surface area contributed by atoms with E-state index >= 15 is 0 Å². The summed E-state index contributed by atoms with van der Waals surface area (Å²) in [6.45, 7) is 10.0. The Balaban J connectivity index is 2.24. The van der Waals surface area contributed by atoms with Crippen molar-refractivity contribution in [2.45, 2.75) is 53.5 Å². The fraction of sp³-hybridized carbons (Fsp3) is 0.765. The lowest BCUT2D eigenvalue weighted by atomic mass is 9.76. The third kappa shape index (κ3) is 4.07. The Morgan fingerprint density at radius 2 is 1.91 bits per heavy atom. The smallest absolute Gasteiger partial charge is 0.251 e. The van der Waals surface area contributed by atoms with E-state index in [0.29, 0.717) is 18.4 Å². The molecule has 5 heteroatoms. The molecule has 0 saturated heterocycles. The minimum atomic E-state index is 0.0609. The number of hydrogen-bond donors (Lipinski definition) is 0. The number of ether oxygens (including phenoxy) is 1. The third-order valence-electron chi connectivity index (χ3n) is 4.64. The van der Waals surface area contributed by atoms with Gasteiger partial charge in [-0.2, -0.15) is 4.99 Å². The van der Waals surface area contributed by atoms with E-state index in [0.717, 1.165) is 24.2 Å². The van der Waals surface area contributed by atoms with E-state index in [2.05, 4.69) is 37.3 Å². The average Bonchev–Trinajstić information content (AvgIpc) is 2.70. The van der Waals surface area contributed by atoms with Crippen LogP contribution in [0.4, 0.5) is 0 Å². The summed E-state index contributed by atoms with van der Waals surface area (Å²) >= 11 is 1.61. The van der Waals surface area contributed by atoms with Crippen LogP contribution in [0.5, 0.6) is 0 Å². The number of carbonyl (C=O) groups is 1. The molecule has 0 radical (unpaired) electrons. The molecule has 124 valence electrons. The molecule has 1 aromatic rings. The van der Waals surface area contributed by atoms with E-state index in [9.17, 15) is 4.79 Å². The molecule has 1 aromatic heterocycles. The molecule has 0 N–H and O–H groups in total. The second-order valence-corrected chi connectivity index (χ2v) is 7.92. The molecule has 2 rings (SSSR count). The van der Waals surface area contributed by atoms with Gasteiger partial charge in [0.2, 0.25) is 0 Å². The predicted molar refractivity (Wildman–Crippen MR) is 89.9 cm³/mol. The number of nitrogens with zero attached hydrogens (tertiary/aromatic N) is 2. The van der Waals surface area contributed by atoms with Gasteiger partial charge in [0.1, 0.15) is 0 Å². The summed E-state index contributed by atoms with van der Waals surface area (Å²) in [7, 11) is 1.70. The Kier molecular flexibility index (Phi) is 5.98. The molecule has 1 aliphatic rings. The second kappa shape index (κ2) is 7.55. The first-order valence-electron chi connectivity index (χ1n) is 8.16. The summed E-state index contributed by atoms with van der Waals surface area (Å²) < 4.78 is 7.28. The van der Waals surface area contributed by atoms with Crippen LogP contribution < -0.4 is 4.80 Å². The van der Waals surface area contributed by atoms with Gasteiger partial charge >= 0.3 is 0 Å². The zero-order chi connectivity index (χ0) is 16.3. The van der Waals surface area contributed by atoms with Crippen LogP contribution in [0.15, 0.2) is 4.99 Å². The molecule has 1 heterocycles. The Bertz CT molecular complexity index is 578. The minimum absolute atomic E-state index is 0.0609. The standard InChI is InChI=1S/C17H28N2O2S/c1-11-8-12(2)10-15(9-11)16(20)18-17-19(6-7-21-5)13(3)14(4)22-17/h11-12,15H,6-10H2,1-5H3. The molecule has 4 nitrogen and oxygen atoms in total. The maximum atomic E-state index is 12.6. The quantitative estimate of drug-likeness (QED) is 0.853. The monoisotopic (exact) mass is 324 g/mol. The molecule has 0 spiro atoms. The zero-order valence-electron chi connectivity index (χ0n) is 14.4. The molecule has 1 aliphatic carbocycles. The van der Waals surface area contributed by atoms with Crippen LogP contribution in [-0.2, 0) is 16.1 Å². The van der Waals surface area contributed by atoms with E-state index in [4.69, 9.17) is 4.74 Å². The highest BCUT2D eigenvalue weighted by Crippen LogP contribution is 2.33. The van der Waals surface area contributed by atoms with E-state index in [1.54, 1.807) is 18.4 Å². The molecule has 2 atom stereocenters. The van der Waals surface area contributed by atoms with E-state index in [1.165, 1.54) is 17.0 Å². The molecular weight excluding hydrogens is 296 g/mol. The van der Waals surface area contributed by atoms with Gasteiger partial charge in [-0.1, -0.05) is 13.8 Å². The third-order valence-corrected chi connectivity index (χ3v) is 5.74. The summed E-state index contributed by atoms with van der Waals surface area (Å²) in [5.41, 5.74) is 1.18. The number of rotatable bonds is 4. The van der Waals surface area contributed by atoms with E-state index in [-0.39, 0.29) is 11.8 Å². The number of hydrogen-bond acceptors (Lipinski definition) is 3. The first kappa shape index (κ1) is 17.4. The topological polar surface area (TPSA) is 43.6 Å². The van der Waals surface area contributed by atoms with Crippen molar-refractivity contribution in [3.63, 3.8) is 0 Å². The SMILES string of the molecule is COCCn1c(C)c(C)sc1=NC(=O)C1CC(C)CC(C)C1. The fourth-order valence-electron chi connectivity index (χ4n) is 3.46. The molecule has 1 fully saturated rings. The summed E-state index contributed by atoms with van der Waals surface area (Å²) in [6, 6.07) is 0. The lowest BCUT2D eigenvalue weighted by Gasteiger charge is -2.29. The summed E-state index contributed by atoms with van der Waals surface area (Å²) in [4.78, 5) is 19.1.